The lowest BCUT2D eigenvalue weighted by molar-refractivity contribution is -0.137. The Morgan fingerprint density at radius 3 is 1.50 bits per heavy atom. The van der Waals surface area contributed by atoms with Gasteiger partial charge in [0.2, 0.25) is 0 Å². The Hall–Kier alpha value is -3.16. The molecule has 1 N–H and O–H groups in total. The number of pyridine rings is 3. The number of hydrogen-bond donors (Lipinski definition) is 1. The summed E-state index contributed by atoms with van der Waals surface area (Å²) in [6.07, 6.45) is 5.47. The second-order valence-electron chi connectivity index (χ2n) is 7.09. The maximum atomic E-state index is 11.1. The maximum Gasteiger partial charge on any atom is 0.304 e. The highest BCUT2D eigenvalue weighted by Gasteiger charge is 2.14. The van der Waals surface area contributed by atoms with Crippen molar-refractivity contribution < 1.29 is 9.90 Å². The fourth-order valence-corrected chi connectivity index (χ4v) is 3.18. The van der Waals surface area contributed by atoms with Crippen LogP contribution in [-0.4, -0.2) is 55.5 Å². The second-order valence-corrected chi connectivity index (χ2v) is 7.09. The largest absolute Gasteiger partial charge is 0.481 e. The van der Waals surface area contributed by atoms with E-state index in [2.05, 4.69) is 24.8 Å². The number of carboxylic acids is 1. The highest BCUT2D eigenvalue weighted by Crippen LogP contribution is 2.09. The molecule has 0 radical (unpaired) electrons. The molecule has 30 heavy (non-hydrogen) atoms. The van der Waals surface area contributed by atoms with Crippen molar-refractivity contribution >= 4 is 5.97 Å². The van der Waals surface area contributed by atoms with Crippen LogP contribution < -0.4 is 0 Å². The summed E-state index contributed by atoms with van der Waals surface area (Å²) in [5.74, 6) is -0.792. The summed E-state index contributed by atoms with van der Waals surface area (Å²) in [7, 11) is 0. The number of carboxylic acid groups (broad SMARTS) is 1. The number of aliphatic carboxylic acids is 1. The summed E-state index contributed by atoms with van der Waals surface area (Å²) >= 11 is 0. The van der Waals surface area contributed by atoms with Crippen LogP contribution in [-0.2, 0) is 24.4 Å². The lowest BCUT2D eigenvalue weighted by Crippen LogP contribution is -2.36. The topological polar surface area (TPSA) is 82.5 Å². The highest BCUT2D eigenvalue weighted by atomic mass is 16.4. The molecule has 0 aliphatic rings. The molecular formula is C23H27N5O2. The van der Waals surface area contributed by atoms with Crippen molar-refractivity contribution in [1.29, 1.82) is 0 Å². The van der Waals surface area contributed by atoms with Gasteiger partial charge in [-0.1, -0.05) is 18.2 Å². The minimum atomic E-state index is -0.792. The van der Waals surface area contributed by atoms with Gasteiger partial charge in [-0.15, -0.1) is 0 Å². The fraction of sp³-hybridized carbons (Fsp3) is 0.304. The van der Waals surface area contributed by atoms with E-state index in [9.17, 15) is 4.79 Å². The predicted octanol–water partition coefficient (Wildman–Crippen LogP) is 2.85. The first-order chi connectivity index (χ1) is 14.7. The van der Waals surface area contributed by atoms with Crippen molar-refractivity contribution in [2.45, 2.75) is 26.1 Å². The average molecular weight is 406 g/mol. The molecule has 0 aliphatic heterocycles. The van der Waals surface area contributed by atoms with Gasteiger partial charge < -0.3 is 5.11 Å². The van der Waals surface area contributed by atoms with Crippen LogP contribution in [0.25, 0.3) is 0 Å². The van der Waals surface area contributed by atoms with Crippen LogP contribution in [0.2, 0.25) is 0 Å². The van der Waals surface area contributed by atoms with Crippen molar-refractivity contribution in [1.82, 2.24) is 24.8 Å². The molecule has 156 valence electrons. The molecule has 7 nitrogen and oxygen atoms in total. The fourth-order valence-electron chi connectivity index (χ4n) is 3.18. The van der Waals surface area contributed by atoms with Gasteiger partial charge in [-0.2, -0.15) is 0 Å². The third-order valence-corrected chi connectivity index (χ3v) is 4.71. The van der Waals surface area contributed by atoms with Crippen LogP contribution in [0.15, 0.2) is 73.2 Å². The zero-order valence-electron chi connectivity index (χ0n) is 17.0. The van der Waals surface area contributed by atoms with Crippen molar-refractivity contribution in [3.63, 3.8) is 0 Å². The molecule has 0 unspecified atom stereocenters. The zero-order chi connectivity index (χ0) is 21.0. The van der Waals surface area contributed by atoms with Crippen molar-refractivity contribution in [2.75, 3.05) is 19.6 Å². The van der Waals surface area contributed by atoms with E-state index in [0.29, 0.717) is 26.2 Å². The number of carbonyl (C=O) groups is 1. The molecule has 0 bridgehead atoms. The Morgan fingerprint density at radius 2 is 1.10 bits per heavy atom. The van der Waals surface area contributed by atoms with Crippen LogP contribution >= 0.6 is 0 Å². The molecule has 0 aromatic carbocycles. The van der Waals surface area contributed by atoms with E-state index >= 15 is 0 Å². The quantitative estimate of drug-likeness (QED) is 0.496. The Bertz CT molecular complexity index is 836. The van der Waals surface area contributed by atoms with Crippen molar-refractivity contribution in [3.8, 4) is 0 Å². The lowest BCUT2D eigenvalue weighted by atomic mass is 10.2. The number of rotatable bonds is 12. The molecule has 0 saturated carbocycles. The Labute approximate surface area is 177 Å². The van der Waals surface area contributed by atoms with Crippen LogP contribution in [0.5, 0.6) is 0 Å². The lowest BCUT2D eigenvalue weighted by Gasteiger charge is -2.27. The van der Waals surface area contributed by atoms with Gasteiger partial charge >= 0.3 is 5.97 Å². The minimum Gasteiger partial charge on any atom is -0.481 e. The molecule has 3 rings (SSSR count). The molecule has 3 heterocycles. The van der Waals surface area contributed by atoms with Gasteiger partial charge in [-0.25, -0.2) is 0 Å². The molecule has 0 atom stereocenters. The second kappa shape index (κ2) is 11.7. The van der Waals surface area contributed by atoms with Gasteiger partial charge in [0.25, 0.3) is 0 Å². The van der Waals surface area contributed by atoms with E-state index < -0.39 is 5.97 Å². The Morgan fingerprint density at radius 1 is 0.667 bits per heavy atom. The number of hydrogen-bond acceptors (Lipinski definition) is 6. The molecule has 0 spiro atoms. The van der Waals surface area contributed by atoms with E-state index in [-0.39, 0.29) is 6.42 Å². The Balaban J connectivity index is 1.66. The SMILES string of the molecule is O=C(O)CCN(CCN(Cc1ccccn1)Cc1ccccn1)Cc1ccccn1. The van der Waals surface area contributed by atoms with E-state index in [1.165, 1.54) is 0 Å². The predicted molar refractivity (Wildman–Crippen MR) is 114 cm³/mol. The first kappa shape index (κ1) is 21.5. The van der Waals surface area contributed by atoms with Gasteiger partial charge in [0, 0.05) is 57.9 Å². The summed E-state index contributed by atoms with van der Waals surface area (Å²) in [5.41, 5.74) is 2.93. The van der Waals surface area contributed by atoms with Gasteiger partial charge in [-0.3, -0.25) is 29.5 Å². The molecule has 0 amide bonds. The van der Waals surface area contributed by atoms with E-state index in [1.807, 2.05) is 54.6 Å². The monoisotopic (exact) mass is 405 g/mol. The highest BCUT2D eigenvalue weighted by molar-refractivity contribution is 5.66. The third-order valence-electron chi connectivity index (χ3n) is 4.71. The molecular weight excluding hydrogens is 378 g/mol. The number of aromatic nitrogens is 3. The van der Waals surface area contributed by atoms with Crippen molar-refractivity contribution in [3.05, 3.63) is 90.3 Å². The smallest absolute Gasteiger partial charge is 0.304 e. The molecule has 7 heteroatoms. The summed E-state index contributed by atoms with van der Waals surface area (Å²) < 4.78 is 0. The normalized spacial score (nSPS) is 11.1. The summed E-state index contributed by atoms with van der Waals surface area (Å²) in [5, 5.41) is 9.13. The van der Waals surface area contributed by atoms with Crippen LogP contribution in [0.3, 0.4) is 0 Å². The van der Waals surface area contributed by atoms with Gasteiger partial charge in [0.15, 0.2) is 0 Å². The Kier molecular flexibility index (Phi) is 8.44. The van der Waals surface area contributed by atoms with Crippen LogP contribution in [0.4, 0.5) is 0 Å². The van der Waals surface area contributed by atoms with Crippen LogP contribution in [0.1, 0.15) is 23.5 Å². The first-order valence-electron chi connectivity index (χ1n) is 10.1. The van der Waals surface area contributed by atoms with Gasteiger partial charge in [0.05, 0.1) is 23.5 Å². The van der Waals surface area contributed by atoms with E-state index in [4.69, 9.17) is 5.11 Å². The van der Waals surface area contributed by atoms with Gasteiger partial charge in [0.1, 0.15) is 0 Å². The third kappa shape index (κ3) is 7.69. The summed E-state index contributed by atoms with van der Waals surface area (Å²) in [4.78, 5) is 28.8. The maximum absolute atomic E-state index is 11.1. The number of nitrogens with zero attached hydrogens (tertiary/aromatic N) is 5. The standard InChI is InChI=1S/C23H27N5O2/c29-23(30)10-14-27(17-20-7-1-4-11-24-20)15-16-28(18-21-8-2-5-12-25-21)19-22-9-3-6-13-26-22/h1-9,11-13H,10,14-19H2,(H,29,30). The minimum absolute atomic E-state index is 0.104. The molecule has 0 aliphatic carbocycles. The van der Waals surface area contributed by atoms with E-state index in [0.717, 1.165) is 30.2 Å². The zero-order valence-corrected chi connectivity index (χ0v) is 17.0. The van der Waals surface area contributed by atoms with Crippen LogP contribution in [0, 0.1) is 0 Å². The summed E-state index contributed by atoms with van der Waals surface area (Å²) in [6, 6.07) is 17.6. The first-order valence-corrected chi connectivity index (χ1v) is 10.1. The summed E-state index contributed by atoms with van der Waals surface area (Å²) in [6.45, 7) is 3.99. The molecule has 0 fully saturated rings. The molecule has 0 saturated heterocycles. The molecule has 3 aromatic rings. The van der Waals surface area contributed by atoms with Crippen molar-refractivity contribution in [2.24, 2.45) is 0 Å². The average Bonchev–Trinajstić information content (AvgIpc) is 2.77. The van der Waals surface area contributed by atoms with E-state index in [1.54, 1.807) is 18.6 Å². The molecule has 3 aromatic heterocycles. The van der Waals surface area contributed by atoms with Gasteiger partial charge in [-0.05, 0) is 36.4 Å².